The molecule has 0 aliphatic carbocycles. The minimum atomic E-state index is -3.14. The lowest BCUT2D eigenvalue weighted by Gasteiger charge is -2.17. The van der Waals surface area contributed by atoms with Crippen LogP contribution < -0.4 is 5.73 Å². The van der Waals surface area contributed by atoms with E-state index in [1.807, 2.05) is 0 Å². The number of carboxylic acid groups (broad SMARTS) is 1. The van der Waals surface area contributed by atoms with Gasteiger partial charge in [0.1, 0.15) is 17.1 Å². The van der Waals surface area contributed by atoms with Gasteiger partial charge in [-0.2, -0.15) is 8.78 Å². The average Bonchev–Trinajstić information content (AvgIpc) is 2.09. The highest BCUT2D eigenvalue weighted by Crippen LogP contribution is 2.32. The molecule has 1 heterocycles. The molecule has 6 heteroatoms. The van der Waals surface area contributed by atoms with E-state index in [9.17, 15) is 13.6 Å². The highest BCUT2D eigenvalue weighted by Gasteiger charge is 2.31. The number of nitrogen functional groups attached to an aromatic ring is 1. The number of alkyl halides is 2. The predicted octanol–water partition coefficient (Wildman–Crippen LogP) is 2.09. The number of nitrogens with zero attached hydrogens (tertiary/aromatic N) is 1. The fourth-order valence-corrected chi connectivity index (χ4v) is 1.51. The molecule has 0 fully saturated rings. The lowest BCUT2D eigenvalue weighted by atomic mass is 10.0. The molecule has 1 aromatic rings. The Morgan fingerprint density at radius 2 is 1.88 bits per heavy atom. The maximum Gasteiger partial charge on any atom is 0.339 e. The van der Waals surface area contributed by atoms with E-state index in [-0.39, 0.29) is 22.5 Å². The second-order valence-corrected chi connectivity index (χ2v) is 3.66. The summed E-state index contributed by atoms with van der Waals surface area (Å²) < 4.78 is 26.3. The second-order valence-electron chi connectivity index (χ2n) is 3.66. The van der Waals surface area contributed by atoms with Gasteiger partial charge in [0.2, 0.25) is 0 Å². The molecule has 0 aliphatic heterocycles. The van der Waals surface area contributed by atoms with Crippen molar-refractivity contribution in [3.63, 3.8) is 0 Å². The van der Waals surface area contributed by atoms with Crippen molar-refractivity contribution in [2.24, 2.45) is 0 Å². The molecule has 88 valence electrons. The Kier molecular flexibility index (Phi) is 2.85. The summed E-state index contributed by atoms with van der Waals surface area (Å²) in [5, 5.41) is 8.86. The molecule has 0 saturated heterocycles. The first-order chi connectivity index (χ1) is 7.16. The molecule has 16 heavy (non-hydrogen) atoms. The summed E-state index contributed by atoms with van der Waals surface area (Å²) in [4.78, 5) is 14.3. The Bertz CT molecular complexity index is 453. The Morgan fingerprint density at radius 1 is 1.38 bits per heavy atom. The lowest BCUT2D eigenvalue weighted by molar-refractivity contribution is 0.0120. The number of anilines is 1. The molecule has 0 bridgehead atoms. The van der Waals surface area contributed by atoms with Crippen molar-refractivity contribution in [1.82, 2.24) is 4.98 Å². The van der Waals surface area contributed by atoms with Gasteiger partial charge in [0.15, 0.2) is 0 Å². The first kappa shape index (κ1) is 12.4. The van der Waals surface area contributed by atoms with Gasteiger partial charge in [-0.05, 0) is 25.0 Å². The van der Waals surface area contributed by atoms with E-state index >= 15 is 0 Å². The van der Waals surface area contributed by atoms with E-state index in [0.29, 0.717) is 6.92 Å². The van der Waals surface area contributed by atoms with Crippen LogP contribution in [-0.2, 0) is 5.92 Å². The third-order valence-corrected chi connectivity index (χ3v) is 2.41. The van der Waals surface area contributed by atoms with Crippen molar-refractivity contribution in [1.29, 1.82) is 0 Å². The molecule has 0 saturated carbocycles. The van der Waals surface area contributed by atoms with E-state index in [4.69, 9.17) is 10.8 Å². The van der Waals surface area contributed by atoms with Gasteiger partial charge < -0.3 is 10.8 Å². The fourth-order valence-electron chi connectivity index (χ4n) is 1.51. The van der Waals surface area contributed by atoms with Gasteiger partial charge >= 0.3 is 5.97 Å². The highest BCUT2D eigenvalue weighted by atomic mass is 19.3. The Morgan fingerprint density at radius 3 is 2.25 bits per heavy atom. The molecule has 0 atom stereocenters. The molecule has 0 spiro atoms. The van der Waals surface area contributed by atoms with Gasteiger partial charge in [-0.1, -0.05) is 0 Å². The number of rotatable bonds is 2. The molecule has 1 aromatic heterocycles. The van der Waals surface area contributed by atoms with Crippen molar-refractivity contribution >= 4 is 11.8 Å². The van der Waals surface area contributed by atoms with Gasteiger partial charge in [-0.3, -0.25) is 0 Å². The summed E-state index contributed by atoms with van der Waals surface area (Å²) in [6.45, 7) is 3.54. The summed E-state index contributed by atoms with van der Waals surface area (Å²) in [6, 6.07) is 0. The standard InChI is InChI=1S/C10H12F2N2O2/c1-4-5(2)7(10(3,11)12)14-8(13)6(4)9(15)16/h1-3H3,(H2,13,14)(H,15,16). The number of nitrogens with two attached hydrogens (primary N) is 1. The van der Waals surface area contributed by atoms with Crippen molar-refractivity contribution < 1.29 is 18.7 Å². The van der Waals surface area contributed by atoms with E-state index in [0.717, 1.165) is 0 Å². The minimum absolute atomic E-state index is 0.152. The zero-order chi connectivity index (χ0) is 12.7. The van der Waals surface area contributed by atoms with E-state index in [2.05, 4.69) is 4.98 Å². The summed E-state index contributed by atoms with van der Waals surface area (Å²) in [5.41, 5.74) is 5.04. The Labute approximate surface area is 91.1 Å². The minimum Gasteiger partial charge on any atom is -0.478 e. The number of hydrogen-bond acceptors (Lipinski definition) is 3. The average molecular weight is 230 g/mol. The fraction of sp³-hybridized carbons (Fsp3) is 0.400. The zero-order valence-corrected chi connectivity index (χ0v) is 9.14. The van der Waals surface area contributed by atoms with Gasteiger partial charge in [-0.25, -0.2) is 9.78 Å². The van der Waals surface area contributed by atoms with Crippen LogP contribution in [0.25, 0.3) is 0 Å². The molecule has 0 amide bonds. The molecule has 1 rings (SSSR count). The normalized spacial score (nSPS) is 11.6. The molecule has 0 aliphatic rings. The summed E-state index contributed by atoms with van der Waals surface area (Å²) in [5.74, 6) is -4.79. The Hall–Kier alpha value is -1.72. The lowest BCUT2D eigenvalue weighted by Crippen LogP contribution is -2.18. The summed E-state index contributed by atoms with van der Waals surface area (Å²) in [7, 11) is 0. The van der Waals surface area contributed by atoms with E-state index < -0.39 is 17.6 Å². The van der Waals surface area contributed by atoms with Gasteiger partial charge in [0, 0.05) is 6.92 Å². The maximum atomic E-state index is 13.1. The zero-order valence-electron chi connectivity index (χ0n) is 9.14. The highest BCUT2D eigenvalue weighted by molar-refractivity contribution is 5.94. The molecular weight excluding hydrogens is 218 g/mol. The van der Waals surface area contributed by atoms with Gasteiger partial charge in [-0.15, -0.1) is 0 Å². The number of aromatic carboxylic acids is 1. The third-order valence-electron chi connectivity index (χ3n) is 2.41. The largest absolute Gasteiger partial charge is 0.478 e. The monoisotopic (exact) mass is 230 g/mol. The van der Waals surface area contributed by atoms with Crippen LogP contribution >= 0.6 is 0 Å². The molecule has 3 N–H and O–H groups in total. The number of hydrogen-bond donors (Lipinski definition) is 2. The van der Waals surface area contributed by atoms with E-state index in [1.165, 1.54) is 13.8 Å². The molecular formula is C10H12F2N2O2. The molecule has 4 nitrogen and oxygen atoms in total. The topological polar surface area (TPSA) is 76.2 Å². The predicted molar refractivity (Wildman–Crippen MR) is 54.7 cm³/mol. The van der Waals surface area contributed by atoms with Crippen LogP contribution in [0.2, 0.25) is 0 Å². The molecule has 0 radical (unpaired) electrons. The van der Waals surface area contributed by atoms with Crippen LogP contribution in [0.15, 0.2) is 0 Å². The van der Waals surface area contributed by atoms with Crippen molar-refractivity contribution in [3.8, 4) is 0 Å². The first-order valence-corrected chi connectivity index (χ1v) is 4.54. The number of pyridine rings is 1. The quantitative estimate of drug-likeness (QED) is 0.815. The van der Waals surface area contributed by atoms with E-state index in [1.54, 1.807) is 0 Å². The number of carboxylic acids is 1. The summed E-state index contributed by atoms with van der Waals surface area (Å²) >= 11 is 0. The van der Waals surface area contributed by atoms with Gasteiger partial charge in [0.25, 0.3) is 5.92 Å². The van der Waals surface area contributed by atoms with Gasteiger partial charge in [0.05, 0.1) is 0 Å². The first-order valence-electron chi connectivity index (χ1n) is 4.54. The number of carbonyl (C=O) groups is 1. The second kappa shape index (κ2) is 3.70. The molecule has 0 aromatic carbocycles. The number of aromatic nitrogens is 1. The van der Waals surface area contributed by atoms with Crippen molar-refractivity contribution in [2.75, 3.05) is 5.73 Å². The van der Waals surface area contributed by atoms with Crippen LogP contribution in [0.4, 0.5) is 14.6 Å². The van der Waals surface area contributed by atoms with Crippen LogP contribution in [0.5, 0.6) is 0 Å². The van der Waals surface area contributed by atoms with Crippen LogP contribution in [0.1, 0.15) is 34.1 Å². The van der Waals surface area contributed by atoms with Crippen LogP contribution in [-0.4, -0.2) is 16.1 Å². The van der Waals surface area contributed by atoms with Crippen LogP contribution in [0.3, 0.4) is 0 Å². The third kappa shape index (κ3) is 1.95. The number of halogens is 2. The smallest absolute Gasteiger partial charge is 0.339 e. The van der Waals surface area contributed by atoms with Crippen molar-refractivity contribution in [2.45, 2.75) is 26.7 Å². The van der Waals surface area contributed by atoms with Crippen molar-refractivity contribution in [3.05, 3.63) is 22.4 Å². The maximum absolute atomic E-state index is 13.1. The van der Waals surface area contributed by atoms with Crippen LogP contribution in [0, 0.1) is 13.8 Å². The SMILES string of the molecule is Cc1c(C(C)(F)F)nc(N)c(C(=O)O)c1C. The molecule has 0 unspecified atom stereocenters. The summed E-state index contributed by atoms with van der Waals surface area (Å²) in [6.07, 6.45) is 0. The Balaban J connectivity index is 3.58.